The molecule has 2 heterocycles. The number of nitrogens with zero attached hydrogens (tertiary/aromatic N) is 3. The van der Waals surface area contributed by atoms with Crippen molar-refractivity contribution in [2.24, 2.45) is 0 Å². The minimum atomic E-state index is -0.116. The van der Waals surface area contributed by atoms with Crippen molar-refractivity contribution in [2.45, 2.75) is 96.6 Å². The SMILES string of the molecule is CCOc1ccc([C@]2(CCN3CCN(C4CCCCC4)CC3)CCN(C(=O)Cc3cccc(OC(C)C)c3)C2)cc1OCC. The van der Waals surface area contributed by atoms with Gasteiger partial charge < -0.3 is 24.0 Å². The number of likely N-dealkylation sites (tertiary alicyclic amines) is 1. The van der Waals surface area contributed by atoms with Crippen molar-refractivity contribution < 1.29 is 19.0 Å². The van der Waals surface area contributed by atoms with Gasteiger partial charge in [-0.05, 0) is 95.3 Å². The molecule has 2 aliphatic heterocycles. The molecule has 0 spiro atoms. The van der Waals surface area contributed by atoms with E-state index in [1.165, 1.54) is 50.8 Å². The molecule has 1 atom stereocenters. The third kappa shape index (κ3) is 8.28. The lowest BCUT2D eigenvalue weighted by molar-refractivity contribution is -0.129. The first-order valence-corrected chi connectivity index (χ1v) is 17.3. The number of hydrogen-bond acceptors (Lipinski definition) is 6. The lowest BCUT2D eigenvalue weighted by Crippen LogP contribution is -2.51. The van der Waals surface area contributed by atoms with Gasteiger partial charge in [0.25, 0.3) is 0 Å². The fourth-order valence-electron chi connectivity index (χ4n) is 7.51. The fourth-order valence-corrected chi connectivity index (χ4v) is 7.51. The topological polar surface area (TPSA) is 54.5 Å². The molecule has 7 nitrogen and oxygen atoms in total. The van der Waals surface area contributed by atoms with Gasteiger partial charge in [0.15, 0.2) is 11.5 Å². The highest BCUT2D eigenvalue weighted by molar-refractivity contribution is 5.79. The second-order valence-corrected chi connectivity index (χ2v) is 13.3. The molecule has 1 amide bonds. The summed E-state index contributed by atoms with van der Waals surface area (Å²) in [4.78, 5) is 21.2. The van der Waals surface area contributed by atoms with Crippen molar-refractivity contribution in [2.75, 3.05) is 59.0 Å². The highest BCUT2D eigenvalue weighted by Gasteiger charge is 2.42. The van der Waals surface area contributed by atoms with Gasteiger partial charge >= 0.3 is 0 Å². The zero-order valence-electron chi connectivity index (χ0n) is 27.7. The number of carbonyl (C=O) groups excluding carboxylic acids is 1. The number of benzene rings is 2. The van der Waals surface area contributed by atoms with E-state index in [4.69, 9.17) is 14.2 Å². The molecule has 1 aliphatic carbocycles. The summed E-state index contributed by atoms with van der Waals surface area (Å²) in [5.41, 5.74) is 2.14. The van der Waals surface area contributed by atoms with Crippen LogP contribution in [0.3, 0.4) is 0 Å². The van der Waals surface area contributed by atoms with E-state index >= 15 is 0 Å². The Kier molecular flexibility index (Phi) is 11.5. The largest absolute Gasteiger partial charge is 0.491 e. The fraction of sp³-hybridized carbons (Fsp3) is 0.649. The van der Waals surface area contributed by atoms with E-state index in [1.807, 2.05) is 52.0 Å². The molecule has 2 aromatic rings. The van der Waals surface area contributed by atoms with Crippen LogP contribution in [0.2, 0.25) is 0 Å². The lowest BCUT2D eigenvalue weighted by Gasteiger charge is -2.42. The quantitative estimate of drug-likeness (QED) is 0.266. The van der Waals surface area contributed by atoms with Crippen LogP contribution >= 0.6 is 0 Å². The average Bonchev–Trinajstić information content (AvgIpc) is 3.48. The van der Waals surface area contributed by atoms with Crippen LogP contribution in [0.4, 0.5) is 0 Å². The summed E-state index contributed by atoms with van der Waals surface area (Å²) in [6.07, 6.45) is 9.43. The van der Waals surface area contributed by atoms with Crippen molar-refractivity contribution in [3.8, 4) is 17.2 Å². The zero-order valence-corrected chi connectivity index (χ0v) is 27.7. The standard InChI is InChI=1S/C37H55N3O4/c1-5-42-34-16-15-31(27-35(34)43-6-2)37(17-19-38-21-23-39(24-22-38)32-12-8-7-9-13-32)18-20-40(28-37)36(41)26-30-11-10-14-33(25-30)44-29(3)4/h10-11,14-16,25,27,29,32H,5-9,12-13,17-24,26,28H2,1-4H3/t37-/m1/s1. The maximum atomic E-state index is 13.7. The Hall–Kier alpha value is -2.77. The number of hydrogen-bond donors (Lipinski definition) is 0. The smallest absolute Gasteiger partial charge is 0.227 e. The molecule has 3 fully saturated rings. The second kappa shape index (κ2) is 15.5. The molecule has 2 aromatic carbocycles. The van der Waals surface area contributed by atoms with Crippen LogP contribution in [-0.4, -0.2) is 91.8 Å². The molecule has 5 rings (SSSR count). The van der Waals surface area contributed by atoms with Crippen molar-refractivity contribution in [1.82, 2.24) is 14.7 Å². The van der Waals surface area contributed by atoms with Crippen LogP contribution in [0.25, 0.3) is 0 Å². The van der Waals surface area contributed by atoms with E-state index < -0.39 is 0 Å². The molecule has 0 N–H and O–H groups in total. The number of carbonyl (C=O) groups is 1. The summed E-state index contributed by atoms with van der Waals surface area (Å²) in [6.45, 7) is 16.4. The number of ether oxygens (including phenoxy) is 3. The third-order valence-corrected chi connectivity index (χ3v) is 9.89. The average molecular weight is 606 g/mol. The Morgan fingerprint density at radius 2 is 1.66 bits per heavy atom. The predicted molar refractivity (Wildman–Crippen MR) is 177 cm³/mol. The summed E-state index contributed by atoms with van der Waals surface area (Å²) < 4.78 is 17.8. The molecule has 242 valence electrons. The molecule has 44 heavy (non-hydrogen) atoms. The molecule has 2 saturated heterocycles. The van der Waals surface area contributed by atoms with Gasteiger partial charge in [-0.2, -0.15) is 0 Å². The van der Waals surface area contributed by atoms with E-state index in [0.717, 1.165) is 74.4 Å². The van der Waals surface area contributed by atoms with Crippen LogP contribution < -0.4 is 14.2 Å². The Morgan fingerprint density at radius 1 is 0.909 bits per heavy atom. The summed E-state index contributed by atoms with van der Waals surface area (Å²) in [5.74, 6) is 2.61. The van der Waals surface area contributed by atoms with Gasteiger partial charge in [0.05, 0.1) is 25.7 Å². The normalized spacial score (nSPS) is 22.0. The predicted octanol–water partition coefficient (Wildman–Crippen LogP) is 6.32. The molecule has 0 bridgehead atoms. The molecule has 0 radical (unpaired) electrons. The van der Waals surface area contributed by atoms with Gasteiger partial charge in [0, 0.05) is 50.7 Å². The third-order valence-electron chi connectivity index (χ3n) is 9.89. The van der Waals surface area contributed by atoms with E-state index in [9.17, 15) is 4.79 Å². The Bertz CT molecular complexity index is 1200. The summed E-state index contributed by atoms with van der Waals surface area (Å²) >= 11 is 0. The molecular weight excluding hydrogens is 550 g/mol. The zero-order chi connectivity index (χ0) is 30.9. The van der Waals surface area contributed by atoms with Crippen molar-refractivity contribution in [3.63, 3.8) is 0 Å². The number of piperazine rings is 1. The van der Waals surface area contributed by atoms with E-state index in [2.05, 4.69) is 32.9 Å². The highest BCUT2D eigenvalue weighted by Crippen LogP contribution is 2.42. The first kappa shape index (κ1) is 32.6. The van der Waals surface area contributed by atoms with E-state index in [1.54, 1.807) is 0 Å². The van der Waals surface area contributed by atoms with Gasteiger partial charge in [-0.3, -0.25) is 9.69 Å². The summed E-state index contributed by atoms with van der Waals surface area (Å²) in [7, 11) is 0. The maximum Gasteiger partial charge on any atom is 0.227 e. The Morgan fingerprint density at radius 3 is 2.39 bits per heavy atom. The van der Waals surface area contributed by atoms with Crippen molar-refractivity contribution in [3.05, 3.63) is 53.6 Å². The summed E-state index contributed by atoms with van der Waals surface area (Å²) in [6, 6.07) is 15.3. The summed E-state index contributed by atoms with van der Waals surface area (Å²) in [5, 5.41) is 0. The van der Waals surface area contributed by atoms with Gasteiger partial charge in [0.2, 0.25) is 5.91 Å². The van der Waals surface area contributed by atoms with Gasteiger partial charge in [0.1, 0.15) is 5.75 Å². The van der Waals surface area contributed by atoms with Crippen LogP contribution in [0.5, 0.6) is 17.2 Å². The Balaban J connectivity index is 1.29. The molecular formula is C37H55N3O4. The Labute approximate surface area is 265 Å². The molecule has 3 aliphatic rings. The minimum Gasteiger partial charge on any atom is -0.491 e. The minimum absolute atomic E-state index is 0.103. The monoisotopic (exact) mass is 605 g/mol. The number of amides is 1. The first-order valence-electron chi connectivity index (χ1n) is 17.3. The molecule has 0 aromatic heterocycles. The highest BCUT2D eigenvalue weighted by atomic mass is 16.5. The maximum absolute atomic E-state index is 13.7. The second-order valence-electron chi connectivity index (χ2n) is 13.3. The van der Waals surface area contributed by atoms with Crippen molar-refractivity contribution in [1.29, 1.82) is 0 Å². The lowest BCUT2D eigenvalue weighted by atomic mass is 9.76. The van der Waals surface area contributed by atoms with Crippen LogP contribution in [-0.2, 0) is 16.6 Å². The van der Waals surface area contributed by atoms with E-state index in [0.29, 0.717) is 19.6 Å². The first-order chi connectivity index (χ1) is 21.4. The van der Waals surface area contributed by atoms with Crippen LogP contribution in [0.15, 0.2) is 42.5 Å². The molecule has 0 unspecified atom stereocenters. The molecule has 1 saturated carbocycles. The van der Waals surface area contributed by atoms with Gasteiger partial charge in [-0.15, -0.1) is 0 Å². The van der Waals surface area contributed by atoms with Crippen molar-refractivity contribution >= 4 is 5.91 Å². The van der Waals surface area contributed by atoms with E-state index in [-0.39, 0.29) is 17.4 Å². The molecule has 7 heteroatoms. The number of rotatable bonds is 13. The van der Waals surface area contributed by atoms with Crippen LogP contribution in [0, 0.1) is 0 Å². The van der Waals surface area contributed by atoms with Gasteiger partial charge in [-0.25, -0.2) is 0 Å². The van der Waals surface area contributed by atoms with Gasteiger partial charge in [-0.1, -0.05) is 37.5 Å². The van der Waals surface area contributed by atoms with Crippen LogP contribution in [0.1, 0.15) is 83.8 Å².